The molecule has 0 radical (unpaired) electrons. The molecule has 2 rings (SSSR count). The summed E-state index contributed by atoms with van der Waals surface area (Å²) in [6, 6.07) is 12.0. The van der Waals surface area contributed by atoms with E-state index in [4.69, 9.17) is 23.2 Å². The second-order valence-corrected chi connectivity index (χ2v) is 6.43. The Balaban J connectivity index is 1.83. The molecule has 2 aromatic rings. The molecule has 0 aromatic heterocycles. The Kier molecular flexibility index (Phi) is 6.78. The number of hydrogen-bond donors (Lipinski definition) is 2. The number of halogens is 3. The maximum Gasteiger partial charge on any atom is 0.249 e. The number of nitrogens with zero attached hydrogens (tertiary/aromatic N) is 1. The summed E-state index contributed by atoms with van der Waals surface area (Å²) < 4.78 is 0.902. The Morgan fingerprint density at radius 1 is 1.08 bits per heavy atom. The average molecular weight is 429 g/mol. The fraction of sp³-hybridized carbons (Fsp3) is 0.0625. The van der Waals surface area contributed by atoms with E-state index < -0.39 is 11.8 Å². The first-order chi connectivity index (χ1) is 11.4. The average Bonchev–Trinajstić information content (AvgIpc) is 2.51. The smallest absolute Gasteiger partial charge is 0.249 e. The van der Waals surface area contributed by atoms with Crippen LogP contribution in [0.4, 0.5) is 5.69 Å². The van der Waals surface area contributed by atoms with E-state index in [0.717, 1.165) is 10.0 Å². The van der Waals surface area contributed by atoms with E-state index in [-0.39, 0.29) is 6.42 Å². The summed E-state index contributed by atoms with van der Waals surface area (Å²) in [5.74, 6) is -1.01. The third-order valence-corrected chi connectivity index (χ3v) is 4.01. The zero-order valence-corrected chi connectivity index (χ0v) is 15.3. The van der Waals surface area contributed by atoms with E-state index in [1.807, 2.05) is 24.3 Å². The van der Waals surface area contributed by atoms with Crippen molar-refractivity contribution in [3.8, 4) is 0 Å². The predicted molar refractivity (Wildman–Crippen MR) is 99.6 cm³/mol. The van der Waals surface area contributed by atoms with Gasteiger partial charge in [0.05, 0.1) is 16.3 Å². The van der Waals surface area contributed by atoms with Gasteiger partial charge in [0, 0.05) is 10.2 Å². The Bertz CT molecular complexity index is 797. The number of carbonyl (C=O) groups excluding carboxylic acids is 2. The van der Waals surface area contributed by atoms with E-state index in [1.54, 1.807) is 12.1 Å². The second kappa shape index (κ2) is 8.82. The fourth-order valence-electron chi connectivity index (χ4n) is 1.73. The van der Waals surface area contributed by atoms with Gasteiger partial charge >= 0.3 is 0 Å². The van der Waals surface area contributed by atoms with Gasteiger partial charge in [-0.2, -0.15) is 5.10 Å². The predicted octanol–water partition coefficient (Wildman–Crippen LogP) is 4.23. The molecule has 2 amide bonds. The number of rotatable bonds is 5. The Labute approximate surface area is 157 Å². The van der Waals surface area contributed by atoms with Gasteiger partial charge in [0.15, 0.2) is 0 Å². The second-order valence-electron chi connectivity index (χ2n) is 4.70. The van der Waals surface area contributed by atoms with Crippen LogP contribution in [0, 0.1) is 0 Å². The maximum atomic E-state index is 11.8. The first-order valence-corrected chi connectivity index (χ1v) is 8.31. The van der Waals surface area contributed by atoms with Crippen LogP contribution in [0.1, 0.15) is 12.0 Å². The number of amides is 2. The van der Waals surface area contributed by atoms with Crippen molar-refractivity contribution in [2.24, 2.45) is 5.10 Å². The van der Waals surface area contributed by atoms with Gasteiger partial charge in [-0.1, -0.05) is 51.3 Å². The first kappa shape index (κ1) is 18.4. The molecule has 2 aromatic carbocycles. The van der Waals surface area contributed by atoms with Gasteiger partial charge in [-0.05, 0) is 35.9 Å². The quantitative estimate of drug-likeness (QED) is 0.424. The number of benzene rings is 2. The molecule has 0 aliphatic heterocycles. The van der Waals surface area contributed by atoms with Gasteiger partial charge in [-0.3, -0.25) is 9.59 Å². The van der Waals surface area contributed by atoms with Gasteiger partial charge in [0.25, 0.3) is 0 Å². The zero-order valence-electron chi connectivity index (χ0n) is 12.2. The highest BCUT2D eigenvalue weighted by molar-refractivity contribution is 9.10. The standard InChI is InChI=1S/C16H12BrCl2N3O2/c17-11-3-1-2-10(6-11)9-20-22-16(24)8-15(23)21-12-4-5-13(18)14(19)7-12/h1-7,9H,8H2,(H,21,23)(H,22,24). The molecule has 124 valence electrons. The molecule has 0 saturated carbocycles. The lowest BCUT2D eigenvalue weighted by atomic mass is 10.2. The molecule has 5 nitrogen and oxygen atoms in total. The van der Waals surface area contributed by atoms with Crippen LogP contribution in [0.15, 0.2) is 52.0 Å². The van der Waals surface area contributed by atoms with E-state index in [0.29, 0.717) is 15.7 Å². The molecule has 0 fully saturated rings. The van der Waals surface area contributed by atoms with Gasteiger partial charge in [0.1, 0.15) is 6.42 Å². The van der Waals surface area contributed by atoms with Gasteiger partial charge < -0.3 is 5.32 Å². The van der Waals surface area contributed by atoms with Gasteiger partial charge in [0.2, 0.25) is 11.8 Å². The molecule has 0 spiro atoms. The summed E-state index contributed by atoms with van der Waals surface area (Å²) in [5.41, 5.74) is 3.56. The molecule has 0 heterocycles. The largest absolute Gasteiger partial charge is 0.326 e. The van der Waals surface area contributed by atoms with Crippen LogP contribution in [-0.2, 0) is 9.59 Å². The summed E-state index contributed by atoms with van der Waals surface area (Å²) in [4.78, 5) is 23.5. The van der Waals surface area contributed by atoms with Crippen molar-refractivity contribution >= 4 is 62.8 Å². The number of hydrogen-bond acceptors (Lipinski definition) is 3. The van der Waals surface area contributed by atoms with Crippen LogP contribution in [0.5, 0.6) is 0 Å². The molecule has 0 aliphatic carbocycles. The summed E-state index contributed by atoms with van der Waals surface area (Å²) in [6.45, 7) is 0. The lowest BCUT2D eigenvalue weighted by Gasteiger charge is -2.05. The van der Waals surface area contributed by atoms with E-state index in [9.17, 15) is 9.59 Å². The van der Waals surface area contributed by atoms with Crippen molar-refractivity contribution in [2.45, 2.75) is 6.42 Å². The molecular formula is C16H12BrCl2N3O2. The lowest BCUT2D eigenvalue weighted by Crippen LogP contribution is -2.24. The minimum absolute atomic E-state index is 0.317. The summed E-state index contributed by atoms with van der Waals surface area (Å²) in [6.07, 6.45) is 1.12. The van der Waals surface area contributed by atoms with Crippen LogP contribution < -0.4 is 10.7 Å². The summed E-state index contributed by atoms with van der Waals surface area (Å²) >= 11 is 15.0. The highest BCUT2D eigenvalue weighted by Gasteiger charge is 2.09. The molecule has 0 atom stereocenters. The molecule has 0 bridgehead atoms. The Morgan fingerprint density at radius 2 is 1.88 bits per heavy atom. The number of anilines is 1. The van der Waals surface area contributed by atoms with Crippen LogP contribution >= 0.6 is 39.1 Å². The Morgan fingerprint density at radius 3 is 2.58 bits per heavy atom. The van der Waals surface area contributed by atoms with Crippen molar-refractivity contribution in [2.75, 3.05) is 5.32 Å². The van der Waals surface area contributed by atoms with Gasteiger partial charge in [-0.25, -0.2) is 5.43 Å². The monoisotopic (exact) mass is 427 g/mol. The van der Waals surface area contributed by atoms with Crippen molar-refractivity contribution < 1.29 is 9.59 Å². The molecule has 0 aliphatic rings. The third kappa shape index (κ3) is 5.96. The zero-order chi connectivity index (χ0) is 17.5. The SMILES string of the molecule is O=C(CC(=O)Nc1ccc(Cl)c(Cl)c1)NN=Cc1cccc(Br)c1. The van der Waals surface area contributed by atoms with Crippen molar-refractivity contribution in [3.63, 3.8) is 0 Å². The van der Waals surface area contributed by atoms with E-state index in [1.165, 1.54) is 12.3 Å². The Hall–Kier alpha value is -1.89. The highest BCUT2D eigenvalue weighted by Crippen LogP contribution is 2.24. The maximum absolute atomic E-state index is 11.8. The van der Waals surface area contributed by atoms with E-state index >= 15 is 0 Å². The summed E-state index contributed by atoms with van der Waals surface area (Å²) in [7, 11) is 0. The number of nitrogens with one attached hydrogen (secondary N) is 2. The number of carbonyl (C=O) groups is 2. The van der Waals surface area contributed by atoms with Crippen LogP contribution in [0.3, 0.4) is 0 Å². The summed E-state index contributed by atoms with van der Waals surface area (Å²) in [5, 5.41) is 7.06. The molecular weight excluding hydrogens is 417 g/mol. The van der Waals surface area contributed by atoms with Crippen LogP contribution in [0.25, 0.3) is 0 Å². The molecule has 0 unspecified atom stereocenters. The lowest BCUT2D eigenvalue weighted by molar-refractivity contribution is -0.126. The molecule has 2 N–H and O–H groups in total. The topological polar surface area (TPSA) is 70.6 Å². The molecule has 8 heteroatoms. The van der Waals surface area contributed by atoms with Crippen molar-refractivity contribution in [1.82, 2.24) is 5.43 Å². The minimum atomic E-state index is -0.529. The highest BCUT2D eigenvalue weighted by atomic mass is 79.9. The third-order valence-electron chi connectivity index (χ3n) is 2.78. The van der Waals surface area contributed by atoms with E-state index in [2.05, 4.69) is 31.8 Å². The fourth-order valence-corrected chi connectivity index (χ4v) is 2.45. The van der Waals surface area contributed by atoms with Crippen LogP contribution in [0.2, 0.25) is 10.0 Å². The van der Waals surface area contributed by atoms with Crippen LogP contribution in [-0.4, -0.2) is 18.0 Å². The minimum Gasteiger partial charge on any atom is -0.326 e. The first-order valence-electron chi connectivity index (χ1n) is 6.76. The molecule has 0 saturated heterocycles. The molecule has 24 heavy (non-hydrogen) atoms. The normalized spacial score (nSPS) is 10.6. The van der Waals surface area contributed by atoms with Crippen molar-refractivity contribution in [1.29, 1.82) is 0 Å². The van der Waals surface area contributed by atoms with Crippen molar-refractivity contribution in [3.05, 3.63) is 62.5 Å². The number of hydrazone groups is 1. The van der Waals surface area contributed by atoms with Gasteiger partial charge in [-0.15, -0.1) is 0 Å².